The summed E-state index contributed by atoms with van der Waals surface area (Å²) in [4.78, 5) is 68.3. The van der Waals surface area contributed by atoms with Crippen LogP contribution >= 0.6 is 0 Å². The van der Waals surface area contributed by atoms with Crippen molar-refractivity contribution < 1.29 is 48.0 Å². The summed E-state index contributed by atoms with van der Waals surface area (Å²) in [5.74, 6) is -1.98. The van der Waals surface area contributed by atoms with Gasteiger partial charge in [-0.25, -0.2) is 0 Å². The average Bonchev–Trinajstić information content (AvgIpc) is 3.83. The number of esters is 5. The second-order valence-corrected chi connectivity index (χ2v) is 20.5. The smallest absolute Gasteiger partial charge is 0.318 e. The minimum Gasteiger partial charge on any atom is -0.465 e. The molecule has 51 heavy (non-hydrogen) atoms. The molecule has 0 amide bonds. The summed E-state index contributed by atoms with van der Waals surface area (Å²) >= 11 is 0. The first-order chi connectivity index (χ1) is 23.9. The Hall–Kier alpha value is -2.49. The van der Waals surface area contributed by atoms with Crippen LogP contribution in [-0.2, 0) is 42.9 Å². The molecule has 0 radical (unpaired) electrons. The van der Waals surface area contributed by atoms with Crippen molar-refractivity contribution in [2.45, 2.75) is 123 Å². The SMILES string of the molecule is CC1C(=O)OC(=O)C1C(C)(CC1C2CC(CC2C(=O)OC(C)(C)C)C1C1C(C)C2CC1C1COC(=O)C21)C(=O)OC12CC3CC(CC(O)(C3)C1)C2. The Balaban J connectivity index is 1.08. The summed E-state index contributed by atoms with van der Waals surface area (Å²) in [7, 11) is 0. The third-order valence-corrected chi connectivity index (χ3v) is 16.3. The Morgan fingerprint density at radius 2 is 1.55 bits per heavy atom. The van der Waals surface area contributed by atoms with Gasteiger partial charge >= 0.3 is 29.8 Å². The predicted molar refractivity (Wildman–Crippen MR) is 180 cm³/mol. The van der Waals surface area contributed by atoms with E-state index in [2.05, 4.69) is 6.92 Å². The molecule has 0 aromatic rings. The zero-order valence-corrected chi connectivity index (χ0v) is 31.1. The Labute approximate surface area is 300 Å². The van der Waals surface area contributed by atoms with E-state index < -0.39 is 52.0 Å². The maximum absolute atomic E-state index is 15.1. The lowest BCUT2D eigenvalue weighted by Gasteiger charge is -2.59. The van der Waals surface area contributed by atoms with Gasteiger partial charge in [0.2, 0.25) is 0 Å². The maximum Gasteiger partial charge on any atom is 0.318 e. The van der Waals surface area contributed by atoms with Crippen molar-refractivity contribution in [1.82, 2.24) is 0 Å². The summed E-state index contributed by atoms with van der Waals surface area (Å²) in [5, 5.41) is 11.5. The van der Waals surface area contributed by atoms with E-state index in [0.717, 1.165) is 38.5 Å². The van der Waals surface area contributed by atoms with Crippen molar-refractivity contribution in [1.29, 1.82) is 0 Å². The lowest BCUT2D eigenvalue weighted by molar-refractivity contribution is -0.229. The number of aliphatic hydroxyl groups is 1. The third kappa shape index (κ3) is 5.06. The molecule has 10 heteroatoms. The molecular weight excluding hydrogens is 652 g/mol. The standard InChI is InChI=1S/C41H56O10/c1-18-23-10-25(28-16-48-35(44)31(23)28)29(18)30-22-8-24(26(9-22)34(43)50-38(3,4)5)27(30)15-39(6,32-19(2)33(42)49-36(32)45)37(46)51-41-13-20-7-21(14-41)12-40(47,11-20)17-41/h18-32,47H,7-17H2,1-6H3. The first kappa shape index (κ1) is 34.3. The lowest BCUT2D eigenvalue weighted by Crippen LogP contribution is -2.61. The number of hydrogen-bond acceptors (Lipinski definition) is 10. The van der Waals surface area contributed by atoms with Gasteiger partial charge in [-0.05, 0) is 145 Å². The van der Waals surface area contributed by atoms with Crippen LogP contribution in [0.4, 0.5) is 0 Å². The molecule has 10 fully saturated rings. The van der Waals surface area contributed by atoms with E-state index >= 15 is 4.79 Å². The average molecular weight is 709 g/mol. The third-order valence-electron chi connectivity index (χ3n) is 16.3. The van der Waals surface area contributed by atoms with E-state index in [9.17, 15) is 24.3 Å². The van der Waals surface area contributed by atoms with Crippen molar-refractivity contribution >= 4 is 29.8 Å². The van der Waals surface area contributed by atoms with E-state index in [1.54, 1.807) is 13.8 Å². The molecule has 10 aliphatic rings. The van der Waals surface area contributed by atoms with E-state index in [1.807, 2.05) is 20.8 Å². The van der Waals surface area contributed by atoms with Crippen LogP contribution in [-0.4, -0.2) is 58.4 Å². The zero-order chi connectivity index (χ0) is 36.2. The minimum absolute atomic E-state index is 0.0386. The van der Waals surface area contributed by atoms with Crippen LogP contribution in [0.15, 0.2) is 0 Å². The number of rotatable bonds is 7. The van der Waals surface area contributed by atoms with Crippen LogP contribution in [0, 0.1) is 94.2 Å². The molecule has 1 N–H and O–H groups in total. The van der Waals surface area contributed by atoms with Gasteiger partial charge in [-0.15, -0.1) is 0 Å². The number of carbonyl (C=O) groups is 5. The summed E-state index contributed by atoms with van der Waals surface area (Å²) < 4.78 is 23.5. The van der Waals surface area contributed by atoms with E-state index in [-0.39, 0.29) is 65.2 Å². The van der Waals surface area contributed by atoms with Gasteiger partial charge in [-0.1, -0.05) is 13.8 Å². The van der Waals surface area contributed by atoms with Crippen LogP contribution in [0.3, 0.4) is 0 Å². The summed E-state index contributed by atoms with van der Waals surface area (Å²) in [6, 6.07) is 0. The van der Waals surface area contributed by atoms with Crippen LogP contribution in [0.2, 0.25) is 0 Å². The van der Waals surface area contributed by atoms with Gasteiger partial charge in [0.05, 0.1) is 41.3 Å². The van der Waals surface area contributed by atoms with Crippen LogP contribution < -0.4 is 0 Å². The van der Waals surface area contributed by atoms with E-state index in [0.29, 0.717) is 56.0 Å². The molecule has 16 unspecified atom stereocenters. The number of ether oxygens (including phenoxy) is 4. The van der Waals surface area contributed by atoms with Crippen LogP contribution in [0.1, 0.15) is 106 Å². The fourth-order valence-electron chi connectivity index (χ4n) is 15.2. The molecular formula is C41H56O10. The van der Waals surface area contributed by atoms with Gasteiger partial charge in [0, 0.05) is 12.3 Å². The Morgan fingerprint density at radius 1 is 0.843 bits per heavy atom. The van der Waals surface area contributed by atoms with Gasteiger partial charge in [0.1, 0.15) is 11.2 Å². The Morgan fingerprint density at radius 3 is 2.18 bits per heavy atom. The molecule has 10 nitrogen and oxygen atoms in total. The van der Waals surface area contributed by atoms with Gasteiger partial charge in [-0.2, -0.15) is 0 Å². The fourth-order valence-corrected chi connectivity index (χ4v) is 15.2. The largest absolute Gasteiger partial charge is 0.465 e. The molecule has 8 bridgehead atoms. The second kappa shape index (κ2) is 11.0. The highest BCUT2D eigenvalue weighted by molar-refractivity contribution is 5.99. The van der Waals surface area contributed by atoms with Crippen molar-refractivity contribution in [2.24, 2.45) is 94.2 Å². The van der Waals surface area contributed by atoms with Crippen molar-refractivity contribution in [3.8, 4) is 0 Å². The van der Waals surface area contributed by atoms with E-state index in [4.69, 9.17) is 18.9 Å². The fraction of sp³-hybridized carbons (Fsp3) is 0.878. The molecule has 0 aromatic heterocycles. The highest BCUT2D eigenvalue weighted by Gasteiger charge is 2.69. The number of hydrogen-bond donors (Lipinski definition) is 1. The van der Waals surface area contributed by atoms with Gasteiger partial charge in [0.25, 0.3) is 0 Å². The van der Waals surface area contributed by atoms with Gasteiger partial charge < -0.3 is 24.1 Å². The van der Waals surface area contributed by atoms with Crippen molar-refractivity contribution in [2.75, 3.05) is 6.61 Å². The monoisotopic (exact) mass is 708 g/mol. The molecule has 2 heterocycles. The van der Waals surface area contributed by atoms with Gasteiger partial charge in [-0.3, -0.25) is 24.0 Å². The first-order valence-electron chi connectivity index (χ1n) is 20.0. The predicted octanol–water partition coefficient (Wildman–Crippen LogP) is 5.27. The summed E-state index contributed by atoms with van der Waals surface area (Å²) in [6.07, 6.45) is 7.21. The van der Waals surface area contributed by atoms with Gasteiger partial charge in [0.15, 0.2) is 0 Å². The van der Waals surface area contributed by atoms with Crippen LogP contribution in [0.5, 0.6) is 0 Å². The molecule has 0 aromatic carbocycles. The minimum atomic E-state index is -1.39. The lowest BCUT2D eigenvalue weighted by atomic mass is 9.52. The topological polar surface area (TPSA) is 142 Å². The molecule has 8 saturated carbocycles. The summed E-state index contributed by atoms with van der Waals surface area (Å²) in [6.45, 7) is 11.9. The van der Waals surface area contributed by atoms with Crippen molar-refractivity contribution in [3.05, 3.63) is 0 Å². The summed E-state index contributed by atoms with van der Waals surface area (Å²) in [5.41, 5.74) is -3.66. The highest BCUT2D eigenvalue weighted by Crippen LogP contribution is 2.70. The van der Waals surface area contributed by atoms with Crippen LogP contribution in [0.25, 0.3) is 0 Å². The maximum atomic E-state index is 15.1. The molecule has 16 atom stereocenters. The molecule has 0 spiro atoms. The highest BCUT2D eigenvalue weighted by atomic mass is 16.6. The van der Waals surface area contributed by atoms with E-state index in [1.165, 1.54) is 0 Å². The quantitative estimate of drug-likeness (QED) is 0.211. The number of carbonyl (C=O) groups excluding carboxylic acids is 5. The zero-order valence-electron chi connectivity index (χ0n) is 31.1. The number of cyclic esters (lactones) is 3. The molecule has 2 aliphatic heterocycles. The second-order valence-electron chi connectivity index (χ2n) is 20.5. The molecule has 280 valence electrons. The van der Waals surface area contributed by atoms with Crippen molar-refractivity contribution in [3.63, 3.8) is 0 Å². The first-order valence-corrected chi connectivity index (χ1v) is 20.0. The molecule has 10 rings (SSSR count). The Kier molecular flexibility index (Phi) is 7.42. The Bertz CT molecular complexity index is 1550. The molecule has 2 saturated heterocycles. The number of fused-ring (bicyclic) bond motifs is 7. The molecule has 8 aliphatic carbocycles. The normalized spacial score (nSPS) is 51.4.